The summed E-state index contributed by atoms with van der Waals surface area (Å²) in [6, 6.07) is 5.05. The molecule has 2 rings (SSSR count). The van der Waals surface area contributed by atoms with Gasteiger partial charge in [0.2, 0.25) is 0 Å². The van der Waals surface area contributed by atoms with Gasteiger partial charge in [-0.25, -0.2) is 4.98 Å². The molecular weight excluding hydrogens is 254 g/mol. The number of hydrogen-bond donors (Lipinski definition) is 2. The van der Waals surface area contributed by atoms with Crippen molar-refractivity contribution in [3.63, 3.8) is 0 Å². The molecule has 0 aliphatic carbocycles. The van der Waals surface area contributed by atoms with Crippen LogP contribution in [0.15, 0.2) is 24.4 Å². The molecule has 106 valence electrons. The number of aryl methyl sites for hydroxylation is 1. The Kier molecular flexibility index (Phi) is 3.48. The fraction of sp³-hybridized carbons (Fsp3) is 0.357. The smallest absolute Gasteiger partial charge is 0.257 e. The predicted molar refractivity (Wildman–Crippen MR) is 78.5 cm³/mol. The third-order valence-corrected chi connectivity index (χ3v) is 2.83. The molecule has 6 heteroatoms. The summed E-state index contributed by atoms with van der Waals surface area (Å²) in [6.07, 6.45) is 1.76. The molecule has 2 aromatic heterocycles. The standard InChI is InChI=1S/C14H19N5O/c1-14(2,3)10-7-9(8-11(15)16-10)13(20)17-12-5-6-19(4)18-12/h5-8H,1-4H3,(H2,15,16)(H,17,18,20). The summed E-state index contributed by atoms with van der Waals surface area (Å²) in [4.78, 5) is 16.5. The maximum absolute atomic E-state index is 12.2. The summed E-state index contributed by atoms with van der Waals surface area (Å²) < 4.78 is 1.62. The van der Waals surface area contributed by atoms with E-state index in [1.807, 2.05) is 20.8 Å². The molecule has 0 fully saturated rings. The number of rotatable bonds is 2. The van der Waals surface area contributed by atoms with Crippen molar-refractivity contribution in [2.45, 2.75) is 26.2 Å². The largest absolute Gasteiger partial charge is 0.384 e. The summed E-state index contributed by atoms with van der Waals surface area (Å²) in [5.74, 6) is 0.595. The molecular formula is C14H19N5O. The van der Waals surface area contributed by atoms with Gasteiger partial charge in [0, 0.05) is 36.0 Å². The van der Waals surface area contributed by atoms with Gasteiger partial charge in [0.1, 0.15) is 5.82 Å². The van der Waals surface area contributed by atoms with E-state index in [1.165, 1.54) is 0 Å². The molecule has 0 aliphatic rings. The fourth-order valence-electron chi connectivity index (χ4n) is 1.74. The molecule has 20 heavy (non-hydrogen) atoms. The van der Waals surface area contributed by atoms with Crippen LogP contribution < -0.4 is 11.1 Å². The van der Waals surface area contributed by atoms with Crippen LogP contribution in [0, 0.1) is 0 Å². The molecule has 0 spiro atoms. The lowest BCUT2D eigenvalue weighted by atomic mass is 9.90. The average molecular weight is 273 g/mol. The molecule has 6 nitrogen and oxygen atoms in total. The number of nitrogens with one attached hydrogen (secondary N) is 1. The van der Waals surface area contributed by atoms with Gasteiger partial charge in [-0.15, -0.1) is 0 Å². The third-order valence-electron chi connectivity index (χ3n) is 2.83. The first kappa shape index (κ1) is 14.0. The molecule has 3 N–H and O–H groups in total. The van der Waals surface area contributed by atoms with E-state index in [2.05, 4.69) is 15.4 Å². The monoisotopic (exact) mass is 273 g/mol. The van der Waals surface area contributed by atoms with Crippen LogP contribution in [0.3, 0.4) is 0 Å². The second-order valence-corrected chi connectivity index (χ2v) is 5.74. The van der Waals surface area contributed by atoms with Crippen molar-refractivity contribution in [3.05, 3.63) is 35.7 Å². The first-order valence-electron chi connectivity index (χ1n) is 6.35. The quantitative estimate of drug-likeness (QED) is 0.875. The van der Waals surface area contributed by atoms with Gasteiger partial charge < -0.3 is 11.1 Å². The molecule has 0 unspecified atom stereocenters. The number of nitrogens with zero attached hydrogens (tertiary/aromatic N) is 3. The van der Waals surface area contributed by atoms with Crippen LogP contribution in [0.5, 0.6) is 0 Å². The maximum Gasteiger partial charge on any atom is 0.257 e. The minimum absolute atomic E-state index is 0.171. The molecule has 0 bridgehead atoms. The Labute approximate surface area is 118 Å². The van der Waals surface area contributed by atoms with Gasteiger partial charge in [-0.1, -0.05) is 20.8 Å². The van der Waals surface area contributed by atoms with E-state index in [1.54, 1.807) is 36.1 Å². The van der Waals surface area contributed by atoms with Crippen molar-refractivity contribution in [1.82, 2.24) is 14.8 Å². The summed E-state index contributed by atoms with van der Waals surface area (Å²) >= 11 is 0. The van der Waals surface area contributed by atoms with Crippen molar-refractivity contribution >= 4 is 17.5 Å². The van der Waals surface area contributed by atoms with E-state index >= 15 is 0 Å². The van der Waals surface area contributed by atoms with Crippen LogP contribution >= 0.6 is 0 Å². The van der Waals surface area contributed by atoms with Crippen molar-refractivity contribution in [2.24, 2.45) is 7.05 Å². The van der Waals surface area contributed by atoms with E-state index in [0.29, 0.717) is 17.2 Å². The lowest BCUT2D eigenvalue weighted by molar-refractivity contribution is 0.102. The highest BCUT2D eigenvalue weighted by molar-refractivity contribution is 6.04. The van der Waals surface area contributed by atoms with Crippen LogP contribution in [-0.4, -0.2) is 20.7 Å². The number of aromatic nitrogens is 3. The number of amides is 1. The SMILES string of the molecule is Cn1ccc(NC(=O)c2cc(N)nc(C(C)(C)C)c2)n1. The molecule has 2 aromatic rings. The minimum atomic E-state index is -0.247. The normalized spacial score (nSPS) is 11.4. The molecule has 0 atom stereocenters. The summed E-state index contributed by atoms with van der Waals surface area (Å²) in [7, 11) is 1.79. The Hall–Kier alpha value is -2.37. The average Bonchev–Trinajstić information content (AvgIpc) is 2.72. The number of carbonyl (C=O) groups is 1. The first-order chi connectivity index (χ1) is 9.25. The zero-order valence-electron chi connectivity index (χ0n) is 12.1. The van der Waals surface area contributed by atoms with Crippen LogP contribution in [0.4, 0.5) is 11.6 Å². The Bertz CT molecular complexity index is 639. The Morgan fingerprint density at radius 1 is 1.35 bits per heavy atom. The molecule has 0 saturated carbocycles. The summed E-state index contributed by atoms with van der Waals surface area (Å²) in [5.41, 5.74) is 6.87. The van der Waals surface area contributed by atoms with Gasteiger partial charge in [-0.2, -0.15) is 5.10 Å². The van der Waals surface area contributed by atoms with Gasteiger partial charge in [0.05, 0.1) is 0 Å². The third kappa shape index (κ3) is 3.14. The molecule has 0 aliphatic heterocycles. The Balaban J connectivity index is 2.28. The van der Waals surface area contributed by atoms with E-state index in [0.717, 1.165) is 5.69 Å². The van der Waals surface area contributed by atoms with E-state index < -0.39 is 0 Å². The Morgan fingerprint density at radius 2 is 2.05 bits per heavy atom. The van der Waals surface area contributed by atoms with E-state index in [9.17, 15) is 4.79 Å². The predicted octanol–water partition coefficient (Wildman–Crippen LogP) is 1.95. The summed E-state index contributed by atoms with van der Waals surface area (Å²) in [6.45, 7) is 6.07. The highest BCUT2D eigenvalue weighted by atomic mass is 16.1. The van der Waals surface area contributed by atoms with Crippen molar-refractivity contribution in [1.29, 1.82) is 0 Å². The fourth-order valence-corrected chi connectivity index (χ4v) is 1.74. The number of pyridine rings is 1. The zero-order chi connectivity index (χ0) is 14.9. The number of hydrogen-bond acceptors (Lipinski definition) is 4. The van der Waals surface area contributed by atoms with Crippen LogP contribution in [-0.2, 0) is 12.5 Å². The molecule has 0 saturated heterocycles. The van der Waals surface area contributed by atoms with Crippen LogP contribution in [0.25, 0.3) is 0 Å². The zero-order valence-corrected chi connectivity index (χ0v) is 12.1. The first-order valence-corrected chi connectivity index (χ1v) is 6.35. The number of anilines is 2. The second-order valence-electron chi connectivity index (χ2n) is 5.74. The lowest BCUT2D eigenvalue weighted by Gasteiger charge is -2.18. The number of carbonyl (C=O) groups excluding carboxylic acids is 1. The van der Waals surface area contributed by atoms with Crippen molar-refractivity contribution in [3.8, 4) is 0 Å². The van der Waals surface area contributed by atoms with Gasteiger partial charge in [0.15, 0.2) is 5.82 Å². The van der Waals surface area contributed by atoms with Gasteiger partial charge in [-0.05, 0) is 12.1 Å². The Morgan fingerprint density at radius 3 is 2.60 bits per heavy atom. The van der Waals surface area contributed by atoms with E-state index in [-0.39, 0.29) is 11.3 Å². The lowest BCUT2D eigenvalue weighted by Crippen LogP contribution is -2.18. The van der Waals surface area contributed by atoms with Gasteiger partial charge in [-0.3, -0.25) is 9.48 Å². The van der Waals surface area contributed by atoms with Crippen molar-refractivity contribution < 1.29 is 4.79 Å². The van der Waals surface area contributed by atoms with Crippen LogP contribution in [0.2, 0.25) is 0 Å². The van der Waals surface area contributed by atoms with Crippen molar-refractivity contribution in [2.75, 3.05) is 11.1 Å². The molecule has 0 aromatic carbocycles. The van der Waals surface area contributed by atoms with Crippen LogP contribution in [0.1, 0.15) is 36.8 Å². The molecule has 1 amide bonds. The number of nitrogen functional groups attached to an aromatic ring is 1. The molecule has 2 heterocycles. The highest BCUT2D eigenvalue weighted by Gasteiger charge is 2.19. The summed E-state index contributed by atoms with van der Waals surface area (Å²) in [5, 5.41) is 6.84. The maximum atomic E-state index is 12.2. The minimum Gasteiger partial charge on any atom is -0.384 e. The van der Waals surface area contributed by atoms with Gasteiger partial charge in [0.25, 0.3) is 5.91 Å². The molecule has 0 radical (unpaired) electrons. The topological polar surface area (TPSA) is 85.8 Å². The van der Waals surface area contributed by atoms with Gasteiger partial charge >= 0.3 is 0 Å². The second kappa shape index (κ2) is 4.96. The highest BCUT2D eigenvalue weighted by Crippen LogP contribution is 2.22. The van der Waals surface area contributed by atoms with E-state index in [4.69, 9.17) is 5.73 Å². The number of nitrogens with two attached hydrogens (primary N) is 1.